The van der Waals surface area contributed by atoms with E-state index in [0.717, 1.165) is 12.6 Å². The fraction of sp³-hybridized carbons (Fsp3) is 0.438. The number of hydrogen-bond donors (Lipinski definition) is 0. The van der Waals surface area contributed by atoms with Crippen molar-refractivity contribution in [3.63, 3.8) is 0 Å². The highest BCUT2D eigenvalue weighted by molar-refractivity contribution is 5.93. The van der Waals surface area contributed by atoms with Crippen molar-refractivity contribution in [1.29, 1.82) is 0 Å². The van der Waals surface area contributed by atoms with Gasteiger partial charge in [-0.1, -0.05) is 12.1 Å². The van der Waals surface area contributed by atoms with Crippen molar-refractivity contribution in [2.75, 3.05) is 31.1 Å². The first-order valence-corrected chi connectivity index (χ1v) is 7.23. The topological polar surface area (TPSA) is 19.4 Å². The zero-order valence-electron chi connectivity index (χ0n) is 11.1. The van der Waals surface area contributed by atoms with Gasteiger partial charge in [-0.3, -0.25) is 9.88 Å². The fourth-order valence-corrected chi connectivity index (χ4v) is 3.59. The molecule has 2 aliphatic rings. The number of nitrogens with zero attached hydrogens (tertiary/aromatic N) is 3. The Hall–Kier alpha value is -1.61. The third-order valence-corrected chi connectivity index (χ3v) is 4.59. The van der Waals surface area contributed by atoms with E-state index in [2.05, 4.69) is 39.0 Å². The third kappa shape index (κ3) is 1.89. The summed E-state index contributed by atoms with van der Waals surface area (Å²) in [7, 11) is 0. The first kappa shape index (κ1) is 11.2. The molecule has 1 aromatic carbocycles. The Morgan fingerprint density at radius 3 is 3.11 bits per heavy atom. The number of anilines is 1. The van der Waals surface area contributed by atoms with E-state index in [0.29, 0.717) is 0 Å². The monoisotopic (exact) mass is 253 g/mol. The summed E-state index contributed by atoms with van der Waals surface area (Å²) < 4.78 is 0. The minimum Gasteiger partial charge on any atom is -0.368 e. The molecule has 4 rings (SSSR count). The van der Waals surface area contributed by atoms with E-state index in [1.807, 2.05) is 12.4 Å². The lowest BCUT2D eigenvalue weighted by Crippen LogP contribution is -2.50. The summed E-state index contributed by atoms with van der Waals surface area (Å²) in [5.74, 6) is 0. The molecule has 0 amide bonds. The quantitative estimate of drug-likeness (QED) is 0.778. The van der Waals surface area contributed by atoms with Gasteiger partial charge in [-0.15, -0.1) is 0 Å². The second-order valence-electron chi connectivity index (χ2n) is 5.65. The summed E-state index contributed by atoms with van der Waals surface area (Å²) in [6.45, 7) is 4.85. The molecule has 0 aliphatic carbocycles. The van der Waals surface area contributed by atoms with Crippen LogP contribution < -0.4 is 4.90 Å². The molecule has 0 bridgehead atoms. The number of piperazine rings is 1. The predicted molar refractivity (Wildman–Crippen MR) is 78.6 cm³/mol. The van der Waals surface area contributed by atoms with Gasteiger partial charge in [-0.25, -0.2) is 0 Å². The molecule has 3 heterocycles. The first-order valence-electron chi connectivity index (χ1n) is 7.23. The summed E-state index contributed by atoms with van der Waals surface area (Å²) >= 11 is 0. The van der Waals surface area contributed by atoms with Crippen molar-refractivity contribution in [2.24, 2.45) is 0 Å². The van der Waals surface area contributed by atoms with Gasteiger partial charge >= 0.3 is 0 Å². The average molecular weight is 253 g/mol. The molecule has 1 unspecified atom stereocenters. The lowest BCUT2D eigenvalue weighted by molar-refractivity contribution is 0.231. The maximum Gasteiger partial charge on any atom is 0.0448 e. The lowest BCUT2D eigenvalue weighted by atomic mass is 10.1. The molecule has 2 aromatic rings. The van der Waals surface area contributed by atoms with Crippen LogP contribution in [0.1, 0.15) is 12.8 Å². The Morgan fingerprint density at radius 1 is 1.11 bits per heavy atom. The Labute approximate surface area is 113 Å². The van der Waals surface area contributed by atoms with Gasteiger partial charge in [0, 0.05) is 54.5 Å². The molecule has 1 aromatic heterocycles. The van der Waals surface area contributed by atoms with Crippen molar-refractivity contribution < 1.29 is 0 Å². The number of fused-ring (bicyclic) bond motifs is 2. The summed E-state index contributed by atoms with van der Waals surface area (Å²) in [5.41, 5.74) is 1.38. The van der Waals surface area contributed by atoms with Crippen molar-refractivity contribution in [3.05, 3.63) is 36.7 Å². The minimum atomic E-state index is 0.769. The summed E-state index contributed by atoms with van der Waals surface area (Å²) in [5, 5.41) is 2.58. The van der Waals surface area contributed by atoms with E-state index in [1.54, 1.807) is 0 Å². The number of hydrogen-bond acceptors (Lipinski definition) is 3. The standard InChI is InChI=1S/C16H19N3/c1-3-13-11-17-7-6-15(13)16(5-1)19-10-9-18-8-2-4-14(18)12-19/h1,3,5-7,11,14H,2,4,8-10,12H2. The molecule has 2 saturated heterocycles. The highest BCUT2D eigenvalue weighted by Gasteiger charge is 2.30. The first-order chi connectivity index (χ1) is 9.42. The molecule has 1 atom stereocenters. The van der Waals surface area contributed by atoms with Crippen LogP contribution in [0, 0.1) is 0 Å². The Kier molecular flexibility index (Phi) is 2.66. The Balaban J connectivity index is 1.70. The summed E-state index contributed by atoms with van der Waals surface area (Å²) in [4.78, 5) is 9.45. The molecular weight excluding hydrogens is 234 g/mol. The average Bonchev–Trinajstić information content (AvgIpc) is 2.94. The van der Waals surface area contributed by atoms with E-state index in [4.69, 9.17) is 0 Å². The second-order valence-corrected chi connectivity index (χ2v) is 5.65. The number of rotatable bonds is 1. The second kappa shape index (κ2) is 4.49. The van der Waals surface area contributed by atoms with Crippen LogP contribution in [0.2, 0.25) is 0 Å². The van der Waals surface area contributed by atoms with E-state index < -0.39 is 0 Å². The van der Waals surface area contributed by atoms with Crippen molar-refractivity contribution in [1.82, 2.24) is 9.88 Å². The van der Waals surface area contributed by atoms with E-state index in [-0.39, 0.29) is 0 Å². The molecule has 98 valence electrons. The van der Waals surface area contributed by atoms with Crippen LogP contribution in [0.15, 0.2) is 36.7 Å². The van der Waals surface area contributed by atoms with Gasteiger partial charge in [0.2, 0.25) is 0 Å². The van der Waals surface area contributed by atoms with Crippen molar-refractivity contribution in [2.45, 2.75) is 18.9 Å². The molecule has 2 aliphatic heterocycles. The molecule has 2 fully saturated rings. The van der Waals surface area contributed by atoms with Crippen LogP contribution in [-0.2, 0) is 0 Å². The maximum absolute atomic E-state index is 4.23. The van der Waals surface area contributed by atoms with Gasteiger partial charge in [0.15, 0.2) is 0 Å². The summed E-state index contributed by atoms with van der Waals surface area (Å²) in [6.07, 6.45) is 6.60. The molecular formula is C16H19N3. The van der Waals surface area contributed by atoms with Crippen LogP contribution in [0.25, 0.3) is 10.8 Å². The minimum absolute atomic E-state index is 0.769. The molecule has 19 heavy (non-hydrogen) atoms. The van der Waals surface area contributed by atoms with Crippen LogP contribution >= 0.6 is 0 Å². The number of aromatic nitrogens is 1. The molecule has 0 N–H and O–H groups in total. The van der Waals surface area contributed by atoms with Crippen molar-refractivity contribution >= 4 is 16.5 Å². The van der Waals surface area contributed by atoms with E-state index in [9.17, 15) is 0 Å². The van der Waals surface area contributed by atoms with E-state index in [1.165, 1.54) is 48.9 Å². The van der Waals surface area contributed by atoms with Gasteiger partial charge in [0.05, 0.1) is 0 Å². The number of pyridine rings is 1. The zero-order valence-corrected chi connectivity index (χ0v) is 11.1. The molecule has 3 heteroatoms. The van der Waals surface area contributed by atoms with Crippen LogP contribution in [-0.4, -0.2) is 42.1 Å². The van der Waals surface area contributed by atoms with Gasteiger partial charge < -0.3 is 4.90 Å². The maximum atomic E-state index is 4.23. The van der Waals surface area contributed by atoms with Gasteiger partial charge in [-0.2, -0.15) is 0 Å². The van der Waals surface area contributed by atoms with Gasteiger partial charge in [-0.05, 0) is 31.5 Å². The Bertz CT molecular complexity index is 590. The van der Waals surface area contributed by atoms with Crippen LogP contribution in [0.5, 0.6) is 0 Å². The smallest absolute Gasteiger partial charge is 0.0448 e. The molecule has 3 nitrogen and oxygen atoms in total. The fourth-order valence-electron chi connectivity index (χ4n) is 3.59. The highest BCUT2D eigenvalue weighted by Crippen LogP contribution is 2.30. The lowest BCUT2D eigenvalue weighted by Gasteiger charge is -2.39. The molecule has 0 spiro atoms. The largest absolute Gasteiger partial charge is 0.368 e. The third-order valence-electron chi connectivity index (χ3n) is 4.59. The van der Waals surface area contributed by atoms with E-state index >= 15 is 0 Å². The van der Waals surface area contributed by atoms with Gasteiger partial charge in [0.1, 0.15) is 0 Å². The van der Waals surface area contributed by atoms with Crippen LogP contribution in [0.4, 0.5) is 5.69 Å². The molecule has 0 saturated carbocycles. The normalized spacial score (nSPS) is 23.8. The highest BCUT2D eigenvalue weighted by atomic mass is 15.3. The number of benzene rings is 1. The Morgan fingerprint density at radius 2 is 2.11 bits per heavy atom. The zero-order chi connectivity index (χ0) is 12.7. The predicted octanol–water partition coefficient (Wildman–Crippen LogP) is 2.52. The van der Waals surface area contributed by atoms with Crippen molar-refractivity contribution in [3.8, 4) is 0 Å². The SMILES string of the molecule is c1cc(N2CCN3CCCC3C2)c2ccncc2c1. The van der Waals surface area contributed by atoms with Crippen LogP contribution in [0.3, 0.4) is 0 Å². The summed E-state index contributed by atoms with van der Waals surface area (Å²) in [6, 6.07) is 9.47. The van der Waals surface area contributed by atoms with Gasteiger partial charge in [0.25, 0.3) is 0 Å². The molecule has 0 radical (unpaired) electrons.